The summed E-state index contributed by atoms with van der Waals surface area (Å²) < 4.78 is 0. The quantitative estimate of drug-likeness (QED) is 0.887. The predicted molar refractivity (Wildman–Crippen MR) is 74.5 cm³/mol. The Morgan fingerprint density at radius 1 is 1.41 bits per heavy atom. The molecule has 2 unspecified atom stereocenters. The van der Waals surface area contributed by atoms with Crippen LogP contribution in [0.5, 0.6) is 0 Å². The van der Waals surface area contributed by atoms with Crippen LogP contribution in [0, 0.1) is 5.92 Å². The van der Waals surface area contributed by atoms with Crippen molar-refractivity contribution < 1.29 is 0 Å². The van der Waals surface area contributed by atoms with E-state index in [-0.39, 0.29) is 5.41 Å². The Balaban J connectivity index is 1.85. The molecular formula is C14H24N2S. The van der Waals surface area contributed by atoms with E-state index in [4.69, 9.17) is 4.98 Å². The third kappa shape index (κ3) is 3.52. The summed E-state index contributed by atoms with van der Waals surface area (Å²) >= 11 is 1.79. The second-order valence-electron chi connectivity index (χ2n) is 6.39. The average Bonchev–Trinajstić information content (AvgIpc) is 2.82. The van der Waals surface area contributed by atoms with Gasteiger partial charge in [-0.25, -0.2) is 4.98 Å². The van der Waals surface area contributed by atoms with Gasteiger partial charge in [0, 0.05) is 23.4 Å². The van der Waals surface area contributed by atoms with Gasteiger partial charge in [-0.15, -0.1) is 11.3 Å². The highest BCUT2D eigenvalue weighted by Crippen LogP contribution is 2.27. The van der Waals surface area contributed by atoms with Gasteiger partial charge in [0.25, 0.3) is 0 Å². The lowest BCUT2D eigenvalue weighted by Crippen LogP contribution is -2.26. The van der Waals surface area contributed by atoms with E-state index in [0.717, 1.165) is 12.5 Å². The molecule has 0 aromatic carbocycles. The fraction of sp³-hybridized carbons (Fsp3) is 0.786. The number of nitrogens with one attached hydrogen (secondary N) is 1. The molecule has 0 aliphatic heterocycles. The molecule has 96 valence electrons. The number of aromatic nitrogens is 1. The van der Waals surface area contributed by atoms with Crippen LogP contribution in [0.25, 0.3) is 0 Å². The first-order valence-corrected chi connectivity index (χ1v) is 7.51. The van der Waals surface area contributed by atoms with Gasteiger partial charge in [0.2, 0.25) is 0 Å². The van der Waals surface area contributed by atoms with Gasteiger partial charge in [0.1, 0.15) is 0 Å². The molecule has 17 heavy (non-hydrogen) atoms. The number of hydrogen-bond acceptors (Lipinski definition) is 3. The minimum Gasteiger partial charge on any atom is -0.308 e. The van der Waals surface area contributed by atoms with Crippen molar-refractivity contribution in [3.63, 3.8) is 0 Å². The fourth-order valence-corrected chi connectivity index (χ4v) is 3.28. The second-order valence-corrected chi connectivity index (χ2v) is 7.25. The molecular weight excluding hydrogens is 228 g/mol. The van der Waals surface area contributed by atoms with Crippen molar-refractivity contribution in [3.05, 3.63) is 16.1 Å². The minimum atomic E-state index is 0.185. The van der Waals surface area contributed by atoms with E-state index < -0.39 is 0 Å². The van der Waals surface area contributed by atoms with Crippen LogP contribution in [-0.4, -0.2) is 11.0 Å². The lowest BCUT2D eigenvalue weighted by Gasteiger charge is -2.14. The standard InChI is InChI=1S/C14H24N2S/c1-10-5-6-11(7-10)15-8-12-9-17-13(16-12)14(2,3)4/h9-11,15H,5-8H2,1-4H3. The first-order valence-electron chi connectivity index (χ1n) is 6.63. The molecule has 0 radical (unpaired) electrons. The van der Waals surface area contributed by atoms with Crippen molar-refractivity contribution in [2.75, 3.05) is 0 Å². The van der Waals surface area contributed by atoms with Crippen molar-refractivity contribution in [2.45, 2.75) is 65.0 Å². The Morgan fingerprint density at radius 2 is 2.18 bits per heavy atom. The van der Waals surface area contributed by atoms with Gasteiger partial charge in [-0.05, 0) is 25.2 Å². The SMILES string of the molecule is CC1CCC(NCc2csc(C(C)(C)C)n2)C1. The van der Waals surface area contributed by atoms with Crippen LogP contribution >= 0.6 is 11.3 Å². The van der Waals surface area contributed by atoms with Gasteiger partial charge in [-0.1, -0.05) is 27.7 Å². The molecule has 1 N–H and O–H groups in total. The van der Waals surface area contributed by atoms with Gasteiger partial charge in [-0.2, -0.15) is 0 Å². The zero-order valence-corrected chi connectivity index (χ0v) is 12.2. The predicted octanol–water partition coefficient (Wildman–Crippen LogP) is 3.72. The highest BCUT2D eigenvalue weighted by atomic mass is 32.1. The molecule has 1 aromatic rings. The second kappa shape index (κ2) is 5.07. The van der Waals surface area contributed by atoms with Crippen LogP contribution in [0.3, 0.4) is 0 Å². The Kier molecular flexibility index (Phi) is 3.88. The summed E-state index contributed by atoms with van der Waals surface area (Å²) in [4.78, 5) is 4.72. The highest BCUT2D eigenvalue weighted by molar-refractivity contribution is 7.09. The van der Waals surface area contributed by atoms with Crippen molar-refractivity contribution >= 4 is 11.3 Å². The lowest BCUT2D eigenvalue weighted by atomic mass is 9.98. The normalized spacial score (nSPS) is 25.4. The molecule has 1 fully saturated rings. The van der Waals surface area contributed by atoms with E-state index in [1.807, 2.05) is 0 Å². The molecule has 2 rings (SSSR count). The van der Waals surface area contributed by atoms with Crippen LogP contribution < -0.4 is 5.32 Å². The smallest absolute Gasteiger partial charge is 0.0982 e. The molecule has 0 saturated heterocycles. The van der Waals surface area contributed by atoms with E-state index in [1.54, 1.807) is 11.3 Å². The summed E-state index contributed by atoms with van der Waals surface area (Å²) in [5, 5.41) is 7.08. The molecule has 1 heterocycles. The van der Waals surface area contributed by atoms with Crippen molar-refractivity contribution in [3.8, 4) is 0 Å². The Hall–Kier alpha value is -0.410. The van der Waals surface area contributed by atoms with E-state index in [0.29, 0.717) is 6.04 Å². The van der Waals surface area contributed by atoms with E-state index in [2.05, 4.69) is 38.4 Å². The van der Waals surface area contributed by atoms with Crippen LogP contribution in [0.4, 0.5) is 0 Å². The average molecular weight is 252 g/mol. The molecule has 0 bridgehead atoms. The Morgan fingerprint density at radius 3 is 2.71 bits per heavy atom. The Labute approximate surface area is 109 Å². The maximum absolute atomic E-state index is 4.72. The first kappa shape index (κ1) is 13.0. The first-order chi connectivity index (χ1) is 7.95. The van der Waals surface area contributed by atoms with Crippen LogP contribution in [0.15, 0.2) is 5.38 Å². The van der Waals surface area contributed by atoms with Crippen LogP contribution in [0.1, 0.15) is 57.7 Å². The molecule has 0 amide bonds. The summed E-state index contributed by atoms with van der Waals surface area (Å²) in [6.07, 6.45) is 4.04. The van der Waals surface area contributed by atoms with Crippen LogP contribution in [-0.2, 0) is 12.0 Å². The lowest BCUT2D eigenvalue weighted by molar-refractivity contribution is 0.497. The molecule has 0 spiro atoms. The minimum absolute atomic E-state index is 0.185. The number of hydrogen-bond donors (Lipinski definition) is 1. The summed E-state index contributed by atoms with van der Waals surface area (Å²) in [6.45, 7) is 9.96. The van der Waals surface area contributed by atoms with E-state index in [1.165, 1.54) is 30.0 Å². The number of thiazole rings is 1. The maximum Gasteiger partial charge on any atom is 0.0982 e. The van der Waals surface area contributed by atoms with Gasteiger partial charge >= 0.3 is 0 Å². The monoisotopic (exact) mass is 252 g/mol. The van der Waals surface area contributed by atoms with Gasteiger partial charge < -0.3 is 5.32 Å². The van der Waals surface area contributed by atoms with Gasteiger partial charge in [0.15, 0.2) is 0 Å². The number of nitrogens with zero attached hydrogens (tertiary/aromatic N) is 1. The highest BCUT2D eigenvalue weighted by Gasteiger charge is 2.21. The largest absolute Gasteiger partial charge is 0.308 e. The molecule has 2 atom stereocenters. The summed E-state index contributed by atoms with van der Waals surface area (Å²) in [5.41, 5.74) is 1.39. The third-order valence-corrected chi connectivity index (χ3v) is 4.78. The van der Waals surface area contributed by atoms with Crippen molar-refractivity contribution in [1.29, 1.82) is 0 Å². The topological polar surface area (TPSA) is 24.9 Å². The molecule has 3 heteroatoms. The molecule has 2 nitrogen and oxygen atoms in total. The van der Waals surface area contributed by atoms with Gasteiger partial charge in [0.05, 0.1) is 10.7 Å². The summed E-state index contributed by atoms with van der Waals surface area (Å²) in [7, 11) is 0. The van der Waals surface area contributed by atoms with E-state index in [9.17, 15) is 0 Å². The molecule has 1 aliphatic rings. The molecule has 1 aromatic heterocycles. The van der Waals surface area contributed by atoms with Crippen LogP contribution in [0.2, 0.25) is 0 Å². The van der Waals surface area contributed by atoms with E-state index >= 15 is 0 Å². The van der Waals surface area contributed by atoms with Crippen molar-refractivity contribution in [1.82, 2.24) is 10.3 Å². The fourth-order valence-electron chi connectivity index (χ4n) is 2.37. The summed E-state index contributed by atoms with van der Waals surface area (Å²) in [6, 6.07) is 0.713. The number of rotatable bonds is 3. The Bertz CT molecular complexity index is 365. The maximum atomic E-state index is 4.72. The molecule has 1 aliphatic carbocycles. The van der Waals surface area contributed by atoms with Crippen molar-refractivity contribution in [2.24, 2.45) is 5.92 Å². The third-order valence-electron chi connectivity index (χ3n) is 3.46. The van der Waals surface area contributed by atoms with Gasteiger partial charge in [-0.3, -0.25) is 0 Å². The zero-order chi connectivity index (χ0) is 12.5. The molecule has 1 saturated carbocycles. The zero-order valence-electron chi connectivity index (χ0n) is 11.4. The summed E-state index contributed by atoms with van der Waals surface area (Å²) in [5.74, 6) is 0.896.